The molecule has 0 aromatic heterocycles. The van der Waals surface area contributed by atoms with Gasteiger partial charge in [-0.3, -0.25) is 14.4 Å². The van der Waals surface area contributed by atoms with Gasteiger partial charge in [0.15, 0.2) is 5.78 Å². The number of benzene rings is 1. The molecule has 160 valence electrons. The number of hydrogen-bond acceptors (Lipinski definition) is 4. The fraction of sp³-hybridized carbons (Fsp3) is 0.609. The summed E-state index contributed by atoms with van der Waals surface area (Å²) in [4.78, 5) is 36.8. The highest BCUT2D eigenvalue weighted by atomic mass is 16.4. The lowest BCUT2D eigenvalue weighted by atomic mass is 9.61. The van der Waals surface area contributed by atoms with Crippen molar-refractivity contribution in [3.05, 3.63) is 34.9 Å². The standard InChI is InChI=1S/C23H32O6/c1-21(2,3)13-8-12(9-14(10-13)22(4,5)6)16-17(19(25)26)15(24)11-23(7,29)18(16)20(27)28/h8-10,16-18,29H,11H2,1-7H3,(H,25,26)(H,27,28). The Labute approximate surface area is 171 Å². The maximum Gasteiger partial charge on any atom is 0.314 e. The molecule has 0 saturated heterocycles. The lowest BCUT2D eigenvalue weighted by molar-refractivity contribution is -0.167. The molecule has 0 amide bonds. The zero-order valence-electron chi connectivity index (χ0n) is 18.2. The van der Waals surface area contributed by atoms with Gasteiger partial charge in [0.25, 0.3) is 0 Å². The first-order chi connectivity index (χ1) is 13.0. The van der Waals surface area contributed by atoms with Crippen molar-refractivity contribution in [3.63, 3.8) is 0 Å². The Morgan fingerprint density at radius 3 is 1.72 bits per heavy atom. The molecule has 0 aliphatic heterocycles. The summed E-state index contributed by atoms with van der Waals surface area (Å²) in [5.41, 5.74) is -0.0603. The third-order valence-electron chi connectivity index (χ3n) is 5.87. The summed E-state index contributed by atoms with van der Waals surface area (Å²) in [7, 11) is 0. The van der Waals surface area contributed by atoms with Crippen LogP contribution >= 0.6 is 0 Å². The minimum absolute atomic E-state index is 0.269. The second-order valence-electron chi connectivity index (χ2n) is 10.5. The third kappa shape index (κ3) is 4.53. The van der Waals surface area contributed by atoms with Crippen LogP contribution in [0.15, 0.2) is 18.2 Å². The molecule has 2 rings (SSSR count). The first-order valence-corrected chi connectivity index (χ1v) is 9.83. The molecule has 1 saturated carbocycles. The molecule has 6 heteroatoms. The highest BCUT2D eigenvalue weighted by molar-refractivity contribution is 6.02. The topological polar surface area (TPSA) is 112 Å². The van der Waals surface area contributed by atoms with Crippen molar-refractivity contribution in [2.75, 3.05) is 0 Å². The van der Waals surface area contributed by atoms with E-state index in [4.69, 9.17) is 0 Å². The SMILES string of the molecule is CC(C)(C)c1cc(C2C(C(=O)O)C(=O)CC(C)(O)C2C(=O)O)cc(C(C)(C)C)c1. The largest absolute Gasteiger partial charge is 0.481 e. The average Bonchev–Trinajstić information content (AvgIpc) is 2.50. The maximum atomic E-state index is 12.6. The first kappa shape index (κ1) is 23.1. The fourth-order valence-electron chi connectivity index (χ4n) is 4.16. The highest BCUT2D eigenvalue weighted by Crippen LogP contribution is 2.47. The quantitative estimate of drug-likeness (QED) is 0.665. The maximum absolute atomic E-state index is 12.6. The monoisotopic (exact) mass is 404 g/mol. The molecule has 4 atom stereocenters. The first-order valence-electron chi connectivity index (χ1n) is 9.83. The molecule has 1 aromatic carbocycles. The van der Waals surface area contributed by atoms with E-state index in [0.717, 1.165) is 11.1 Å². The number of carbonyl (C=O) groups excluding carboxylic acids is 1. The number of hydrogen-bond donors (Lipinski definition) is 3. The van der Waals surface area contributed by atoms with Crippen LogP contribution < -0.4 is 0 Å². The molecule has 3 N–H and O–H groups in total. The van der Waals surface area contributed by atoms with Gasteiger partial charge in [-0.05, 0) is 34.4 Å². The van der Waals surface area contributed by atoms with Gasteiger partial charge in [-0.2, -0.15) is 0 Å². The van der Waals surface area contributed by atoms with Crippen molar-refractivity contribution >= 4 is 17.7 Å². The van der Waals surface area contributed by atoms with Crippen LogP contribution in [0.3, 0.4) is 0 Å². The Balaban J connectivity index is 2.85. The minimum Gasteiger partial charge on any atom is -0.481 e. The van der Waals surface area contributed by atoms with E-state index in [-0.39, 0.29) is 10.8 Å². The van der Waals surface area contributed by atoms with E-state index in [1.54, 1.807) is 12.1 Å². The van der Waals surface area contributed by atoms with E-state index >= 15 is 0 Å². The molecular formula is C23H32O6. The van der Waals surface area contributed by atoms with Gasteiger partial charge in [0.05, 0.1) is 11.5 Å². The van der Waals surface area contributed by atoms with E-state index in [1.807, 2.05) is 47.6 Å². The van der Waals surface area contributed by atoms with Gasteiger partial charge in [-0.15, -0.1) is 0 Å². The second-order valence-corrected chi connectivity index (χ2v) is 10.5. The summed E-state index contributed by atoms with van der Waals surface area (Å²) in [5.74, 6) is -7.41. The molecule has 0 spiro atoms. The Morgan fingerprint density at radius 1 is 0.931 bits per heavy atom. The normalized spacial score (nSPS) is 28.3. The number of rotatable bonds is 3. The van der Waals surface area contributed by atoms with Crippen molar-refractivity contribution in [2.24, 2.45) is 11.8 Å². The third-order valence-corrected chi connectivity index (χ3v) is 5.87. The van der Waals surface area contributed by atoms with Gasteiger partial charge in [0.1, 0.15) is 5.92 Å². The highest BCUT2D eigenvalue weighted by Gasteiger charge is 2.56. The summed E-state index contributed by atoms with van der Waals surface area (Å²) in [6.07, 6.45) is -0.497. The van der Waals surface area contributed by atoms with Crippen molar-refractivity contribution < 1.29 is 29.7 Å². The van der Waals surface area contributed by atoms with E-state index in [9.17, 15) is 29.7 Å². The van der Waals surface area contributed by atoms with Gasteiger partial charge in [-0.1, -0.05) is 59.7 Å². The van der Waals surface area contributed by atoms with Gasteiger partial charge in [0.2, 0.25) is 0 Å². The van der Waals surface area contributed by atoms with Gasteiger partial charge < -0.3 is 15.3 Å². The summed E-state index contributed by atoms with van der Waals surface area (Å²) in [6, 6.07) is 5.62. The van der Waals surface area contributed by atoms with Crippen molar-refractivity contribution in [1.82, 2.24) is 0 Å². The molecule has 1 fully saturated rings. The zero-order chi connectivity index (χ0) is 22.5. The Morgan fingerprint density at radius 2 is 1.38 bits per heavy atom. The van der Waals surface area contributed by atoms with Crippen LogP contribution in [0.2, 0.25) is 0 Å². The lowest BCUT2D eigenvalue weighted by Gasteiger charge is -2.43. The van der Waals surface area contributed by atoms with Crippen LogP contribution in [0, 0.1) is 11.8 Å². The van der Waals surface area contributed by atoms with E-state index in [0.29, 0.717) is 5.56 Å². The number of carboxylic acids is 2. The number of aliphatic carboxylic acids is 2. The number of ketones is 1. The van der Waals surface area contributed by atoms with Gasteiger partial charge >= 0.3 is 11.9 Å². The Bertz CT molecular complexity index is 806. The van der Waals surface area contributed by atoms with Crippen LogP contribution in [-0.4, -0.2) is 38.6 Å². The number of carboxylic acid groups (broad SMARTS) is 2. The molecule has 0 bridgehead atoms. The van der Waals surface area contributed by atoms with Crippen LogP contribution in [0.25, 0.3) is 0 Å². The van der Waals surface area contributed by atoms with Crippen molar-refractivity contribution in [2.45, 2.75) is 77.2 Å². The van der Waals surface area contributed by atoms with Crippen molar-refractivity contribution in [1.29, 1.82) is 0 Å². The summed E-state index contributed by atoms with van der Waals surface area (Å²) >= 11 is 0. The van der Waals surface area contributed by atoms with E-state index in [1.165, 1.54) is 6.92 Å². The molecule has 0 heterocycles. The molecule has 0 radical (unpaired) electrons. The molecule has 1 aliphatic rings. The summed E-state index contributed by atoms with van der Waals surface area (Å²) in [6.45, 7) is 13.4. The van der Waals surface area contributed by atoms with Crippen LogP contribution in [-0.2, 0) is 25.2 Å². The molecular weight excluding hydrogens is 372 g/mol. The molecule has 1 aromatic rings. The second kappa shape index (κ2) is 7.24. The molecule has 4 unspecified atom stereocenters. The van der Waals surface area contributed by atoms with Gasteiger partial charge in [-0.25, -0.2) is 0 Å². The summed E-state index contributed by atoms with van der Waals surface area (Å²) < 4.78 is 0. The van der Waals surface area contributed by atoms with Crippen LogP contribution in [0.5, 0.6) is 0 Å². The van der Waals surface area contributed by atoms with Crippen LogP contribution in [0.4, 0.5) is 0 Å². The molecule has 6 nitrogen and oxygen atoms in total. The van der Waals surface area contributed by atoms with Crippen molar-refractivity contribution in [3.8, 4) is 0 Å². The molecule has 29 heavy (non-hydrogen) atoms. The smallest absolute Gasteiger partial charge is 0.314 e. The predicted octanol–water partition coefficient (Wildman–Crippen LogP) is 3.49. The Kier molecular flexibility index (Phi) is 5.76. The number of aliphatic hydroxyl groups is 1. The van der Waals surface area contributed by atoms with Crippen LogP contribution in [0.1, 0.15) is 77.5 Å². The predicted molar refractivity (Wildman–Crippen MR) is 109 cm³/mol. The molecule has 1 aliphatic carbocycles. The minimum atomic E-state index is -1.83. The van der Waals surface area contributed by atoms with E-state index in [2.05, 4.69) is 0 Å². The zero-order valence-corrected chi connectivity index (χ0v) is 18.2. The fourth-order valence-corrected chi connectivity index (χ4v) is 4.16. The lowest BCUT2D eigenvalue weighted by Crippen LogP contribution is -2.54. The summed E-state index contributed by atoms with van der Waals surface area (Å²) in [5, 5.41) is 30.4. The number of carbonyl (C=O) groups is 3. The average molecular weight is 405 g/mol. The number of Topliss-reactive ketones (excluding diaryl/α,β-unsaturated/α-hetero) is 1. The Hall–Kier alpha value is -2.21. The van der Waals surface area contributed by atoms with Gasteiger partial charge in [0, 0.05) is 12.3 Å². The van der Waals surface area contributed by atoms with E-state index < -0.39 is 47.5 Å².